The SMILES string of the molecule is Cn1c(N2CCCN(c3cccc(F)c3F)CC2)c(C#N)c(=O)n(C)c1=O. The van der Waals surface area contributed by atoms with Gasteiger partial charge in [0.05, 0.1) is 5.69 Å². The second-order valence-electron chi connectivity index (χ2n) is 6.42. The number of nitrogens with zero attached hydrogens (tertiary/aromatic N) is 5. The Bertz CT molecular complexity index is 1040. The van der Waals surface area contributed by atoms with Crippen molar-refractivity contribution < 1.29 is 8.78 Å². The van der Waals surface area contributed by atoms with Gasteiger partial charge in [-0.05, 0) is 18.6 Å². The highest BCUT2D eigenvalue weighted by atomic mass is 19.2. The van der Waals surface area contributed by atoms with Gasteiger partial charge in [-0.3, -0.25) is 13.9 Å². The minimum Gasteiger partial charge on any atom is -0.367 e. The molecule has 1 aromatic carbocycles. The van der Waals surface area contributed by atoms with Gasteiger partial charge < -0.3 is 9.80 Å². The molecule has 2 aromatic rings. The van der Waals surface area contributed by atoms with Crippen LogP contribution in [0.5, 0.6) is 0 Å². The third-order valence-corrected chi connectivity index (χ3v) is 4.81. The lowest BCUT2D eigenvalue weighted by Crippen LogP contribution is -2.43. The molecule has 1 fully saturated rings. The van der Waals surface area contributed by atoms with Gasteiger partial charge >= 0.3 is 5.69 Å². The molecule has 0 N–H and O–H groups in total. The van der Waals surface area contributed by atoms with Crippen molar-refractivity contribution in [3.05, 3.63) is 56.2 Å². The molecule has 0 amide bonds. The zero-order valence-electron chi connectivity index (χ0n) is 15.1. The molecule has 1 saturated heterocycles. The second kappa shape index (κ2) is 7.23. The van der Waals surface area contributed by atoms with Crippen molar-refractivity contribution in [3.8, 4) is 6.07 Å². The lowest BCUT2D eigenvalue weighted by Gasteiger charge is -2.27. The van der Waals surface area contributed by atoms with Crippen molar-refractivity contribution in [2.45, 2.75) is 6.42 Å². The Morgan fingerprint density at radius 2 is 1.67 bits per heavy atom. The third-order valence-electron chi connectivity index (χ3n) is 4.81. The molecule has 1 aliphatic rings. The molecule has 0 atom stereocenters. The van der Waals surface area contributed by atoms with Crippen molar-refractivity contribution >= 4 is 11.5 Å². The predicted molar refractivity (Wildman–Crippen MR) is 97.0 cm³/mol. The van der Waals surface area contributed by atoms with Crippen LogP contribution in [0.3, 0.4) is 0 Å². The van der Waals surface area contributed by atoms with Crippen LogP contribution < -0.4 is 21.0 Å². The zero-order chi connectivity index (χ0) is 19.7. The van der Waals surface area contributed by atoms with E-state index >= 15 is 0 Å². The monoisotopic (exact) mass is 375 g/mol. The number of rotatable bonds is 2. The summed E-state index contributed by atoms with van der Waals surface area (Å²) in [7, 11) is 2.83. The number of halogens is 2. The number of nitriles is 1. The van der Waals surface area contributed by atoms with E-state index in [0.29, 0.717) is 32.6 Å². The molecule has 0 spiro atoms. The maximum absolute atomic E-state index is 14.1. The molecule has 3 rings (SSSR count). The molecule has 142 valence electrons. The molecule has 0 radical (unpaired) electrons. The van der Waals surface area contributed by atoms with Crippen LogP contribution in [0.15, 0.2) is 27.8 Å². The number of anilines is 2. The van der Waals surface area contributed by atoms with Crippen LogP contribution >= 0.6 is 0 Å². The number of aromatic nitrogens is 2. The fraction of sp³-hybridized carbons (Fsp3) is 0.389. The molecule has 27 heavy (non-hydrogen) atoms. The fourth-order valence-corrected chi connectivity index (χ4v) is 3.41. The summed E-state index contributed by atoms with van der Waals surface area (Å²) in [5.74, 6) is -1.55. The van der Waals surface area contributed by atoms with Crippen LogP contribution in [-0.4, -0.2) is 35.3 Å². The second-order valence-corrected chi connectivity index (χ2v) is 6.42. The van der Waals surface area contributed by atoms with Crippen LogP contribution in [0.25, 0.3) is 0 Å². The lowest BCUT2D eigenvalue weighted by molar-refractivity contribution is 0.506. The van der Waals surface area contributed by atoms with E-state index in [0.717, 1.165) is 10.6 Å². The first-order chi connectivity index (χ1) is 12.9. The van der Waals surface area contributed by atoms with E-state index < -0.39 is 22.9 Å². The Hall–Kier alpha value is -3.15. The quantitative estimate of drug-likeness (QED) is 0.781. The molecule has 1 aromatic heterocycles. The summed E-state index contributed by atoms with van der Waals surface area (Å²) in [6.45, 7) is 1.67. The molecule has 0 aliphatic carbocycles. The van der Waals surface area contributed by atoms with E-state index in [1.807, 2.05) is 6.07 Å². The van der Waals surface area contributed by atoms with Crippen molar-refractivity contribution in [1.29, 1.82) is 5.26 Å². The van der Waals surface area contributed by atoms with E-state index in [1.165, 1.54) is 30.8 Å². The summed E-state index contributed by atoms with van der Waals surface area (Å²) >= 11 is 0. The predicted octanol–water partition coefficient (Wildman–Crippen LogP) is 0.951. The fourth-order valence-electron chi connectivity index (χ4n) is 3.41. The molecule has 2 heterocycles. The van der Waals surface area contributed by atoms with Gasteiger partial charge in [-0.2, -0.15) is 5.26 Å². The van der Waals surface area contributed by atoms with E-state index in [1.54, 1.807) is 9.80 Å². The van der Waals surface area contributed by atoms with Crippen molar-refractivity contribution in [2.24, 2.45) is 14.1 Å². The Morgan fingerprint density at radius 1 is 1.00 bits per heavy atom. The molecule has 1 aliphatic heterocycles. The van der Waals surface area contributed by atoms with Crippen LogP contribution in [0.4, 0.5) is 20.3 Å². The van der Waals surface area contributed by atoms with Gasteiger partial charge in [-0.1, -0.05) is 6.07 Å². The topological polar surface area (TPSA) is 74.3 Å². The Labute approximate surface area is 154 Å². The van der Waals surface area contributed by atoms with Gasteiger partial charge in [0.15, 0.2) is 17.2 Å². The van der Waals surface area contributed by atoms with Gasteiger partial charge in [0, 0.05) is 40.3 Å². The summed E-state index contributed by atoms with van der Waals surface area (Å²) in [5, 5.41) is 9.43. The van der Waals surface area contributed by atoms with Crippen LogP contribution in [0.2, 0.25) is 0 Å². The standard InChI is InChI=1S/C18H19F2N5O2/c1-22-16(12(11-21)17(26)23(2)18(22)27)25-8-4-7-24(9-10-25)14-6-3-5-13(19)15(14)20/h3,5-6H,4,7-10H2,1-2H3. The number of benzene rings is 1. The molecular weight excluding hydrogens is 356 g/mol. The van der Waals surface area contributed by atoms with Crippen LogP contribution in [-0.2, 0) is 14.1 Å². The van der Waals surface area contributed by atoms with Crippen LogP contribution in [0.1, 0.15) is 12.0 Å². The van der Waals surface area contributed by atoms with Gasteiger partial charge in [0.2, 0.25) is 0 Å². The van der Waals surface area contributed by atoms with Crippen molar-refractivity contribution in [3.63, 3.8) is 0 Å². The summed E-state index contributed by atoms with van der Waals surface area (Å²) < 4.78 is 29.8. The smallest absolute Gasteiger partial charge is 0.332 e. The average Bonchev–Trinajstić information content (AvgIpc) is 2.91. The van der Waals surface area contributed by atoms with Gasteiger partial charge in [0.25, 0.3) is 5.56 Å². The zero-order valence-corrected chi connectivity index (χ0v) is 15.1. The minimum absolute atomic E-state index is 0.106. The summed E-state index contributed by atoms with van der Waals surface area (Å²) in [4.78, 5) is 28.1. The van der Waals surface area contributed by atoms with E-state index in [-0.39, 0.29) is 17.1 Å². The Morgan fingerprint density at radius 3 is 2.37 bits per heavy atom. The van der Waals surface area contributed by atoms with E-state index in [4.69, 9.17) is 0 Å². The van der Waals surface area contributed by atoms with Crippen molar-refractivity contribution in [1.82, 2.24) is 9.13 Å². The van der Waals surface area contributed by atoms with E-state index in [2.05, 4.69) is 0 Å². The highest BCUT2D eigenvalue weighted by molar-refractivity contribution is 5.55. The Kier molecular flexibility index (Phi) is 4.99. The molecular formula is C18H19F2N5O2. The van der Waals surface area contributed by atoms with E-state index in [9.17, 15) is 23.6 Å². The molecule has 0 unspecified atom stereocenters. The normalized spacial score (nSPS) is 14.8. The molecule has 0 saturated carbocycles. The van der Waals surface area contributed by atoms with Crippen molar-refractivity contribution in [2.75, 3.05) is 36.0 Å². The minimum atomic E-state index is -0.908. The highest BCUT2D eigenvalue weighted by Gasteiger charge is 2.24. The molecule has 9 heteroatoms. The number of hydrogen-bond acceptors (Lipinski definition) is 5. The summed E-state index contributed by atoms with van der Waals surface area (Å²) in [6, 6.07) is 5.93. The first kappa shape index (κ1) is 18.6. The molecule has 7 nitrogen and oxygen atoms in total. The van der Waals surface area contributed by atoms with Crippen LogP contribution in [0, 0.1) is 23.0 Å². The maximum atomic E-state index is 14.1. The average molecular weight is 375 g/mol. The Balaban J connectivity index is 1.96. The first-order valence-electron chi connectivity index (χ1n) is 8.50. The summed E-state index contributed by atoms with van der Waals surface area (Å²) in [6.07, 6.45) is 0.588. The highest BCUT2D eigenvalue weighted by Crippen LogP contribution is 2.24. The molecule has 0 bridgehead atoms. The third kappa shape index (κ3) is 3.18. The van der Waals surface area contributed by atoms with Gasteiger partial charge in [-0.25, -0.2) is 13.6 Å². The lowest BCUT2D eigenvalue weighted by atomic mass is 10.2. The number of hydrogen-bond donors (Lipinski definition) is 0. The maximum Gasteiger partial charge on any atom is 0.332 e. The first-order valence-corrected chi connectivity index (χ1v) is 8.50. The largest absolute Gasteiger partial charge is 0.367 e. The summed E-state index contributed by atoms with van der Waals surface area (Å²) in [5.41, 5.74) is -1.10. The van der Waals surface area contributed by atoms with Gasteiger partial charge in [-0.15, -0.1) is 0 Å². The van der Waals surface area contributed by atoms with Gasteiger partial charge in [0.1, 0.15) is 11.9 Å².